The highest BCUT2D eigenvalue weighted by atomic mass is 16.4. The van der Waals surface area contributed by atoms with Crippen LogP contribution in [0.4, 0.5) is 0 Å². The third-order valence-electron chi connectivity index (χ3n) is 2.24. The van der Waals surface area contributed by atoms with Crippen molar-refractivity contribution in [3.05, 3.63) is 58.5 Å². The van der Waals surface area contributed by atoms with E-state index >= 15 is 0 Å². The Kier molecular flexibility index (Phi) is 2.55. The molecule has 0 atom stereocenters. The minimum atomic E-state index is -1.06. The molecule has 2 aromatic rings. The molecule has 0 radical (unpaired) electrons. The number of aromatic amines is 1. The average molecular weight is 215 g/mol. The number of aromatic carboxylic acids is 1. The SMILES string of the molecule is O=C(O)c1c[nH]c(=O)cc1-c1ccccc1. The normalized spacial score (nSPS) is 10.0. The number of carboxylic acid groups (broad SMARTS) is 1. The van der Waals surface area contributed by atoms with Gasteiger partial charge in [-0.05, 0) is 5.56 Å². The van der Waals surface area contributed by atoms with Gasteiger partial charge in [0.15, 0.2) is 0 Å². The fourth-order valence-electron chi connectivity index (χ4n) is 1.51. The quantitative estimate of drug-likeness (QED) is 0.801. The van der Waals surface area contributed by atoms with E-state index in [-0.39, 0.29) is 11.1 Å². The summed E-state index contributed by atoms with van der Waals surface area (Å²) in [5, 5.41) is 9.00. The predicted molar refractivity (Wildman–Crippen MR) is 59.5 cm³/mol. The lowest BCUT2D eigenvalue weighted by molar-refractivity contribution is 0.0697. The monoisotopic (exact) mass is 215 g/mol. The summed E-state index contributed by atoms with van der Waals surface area (Å²) < 4.78 is 0. The lowest BCUT2D eigenvalue weighted by atomic mass is 10.0. The Balaban J connectivity index is 2.68. The summed E-state index contributed by atoms with van der Waals surface area (Å²) in [5.41, 5.74) is 0.914. The largest absolute Gasteiger partial charge is 0.478 e. The zero-order valence-electron chi connectivity index (χ0n) is 8.31. The summed E-state index contributed by atoms with van der Waals surface area (Å²) >= 11 is 0. The molecule has 0 aliphatic carbocycles. The summed E-state index contributed by atoms with van der Waals surface area (Å²) in [5.74, 6) is -1.06. The maximum atomic E-state index is 11.2. The standard InChI is InChI=1S/C12H9NO3/c14-11-6-9(8-4-2-1-3-5-8)10(7-13-11)12(15)16/h1-7H,(H,13,14)(H,15,16). The highest BCUT2D eigenvalue weighted by Crippen LogP contribution is 2.21. The number of carbonyl (C=O) groups is 1. The highest BCUT2D eigenvalue weighted by Gasteiger charge is 2.11. The molecule has 2 N–H and O–H groups in total. The second-order valence-corrected chi connectivity index (χ2v) is 3.30. The number of benzene rings is 1. The van der Waals surface area contributed by atoms with E-state index < -0.39 is 5.97 Å². The molecule has 0 saturated heterocycles. The van der Waals surface area contributed by atoms with Crippen molar-refractivity contribution in [2.75, 3.05) is 0 Å². The van der Waals surface area contributed by atoms with Crippen molar-refractivity contribution < 1.29 is 9.90 Å². The minimum absolute atomic E-state index is 0.0887. The van der Waals surface area contributed by atoms with Crippen molar-refractivity contribution in [3.8, 4) is 11.1 Å². The number of hydrogen-bond acceptors (Lipinski definition) is 2. The molecule has 0 saturated carbocycles. The first kappa shape index (κ1) is 10.2. The summed E-state index contributed by atoms with van der Waals surface area (Å²) in [6.45, 7) is 0. The molecule has 0 fully saturated rings. The maximum absolute atomic E-state index is 11.2. The van der Waals surface area contributed by atoms with E-state index in [2.05, 4.69) is 4.98 Å². The van der Waals surface area contributed by atoms with Crippen molar-refractivity contribution in [1.29, 1.82) is 0 Å². The van der Waals surface area contributed by atoms with E-state index in [9.17, 15) is 9.59 Å². The Morgan fingerprint density at radius 2 is 1.88 bits per heavy atom. The maximum Gasteiger partial charge on any atom is 0.337 e. The number of aromatic nitrogens is 1. The van der Waals surface area contributed by atoms with Crippen molar-refractivity contribution in [2.45, 2.75) is 0 Å². The Morgan fingerprint density at radius 1 is 1.19 bits per heavy atom. The number of hydrogen-bond donors (Lipinski definition) is 2. The molecule has 4 nitrogen and oxygen atoms in total. The molecular formula is C12H9NO3. The topological polar surface area (TPSA) is 70.2 Å². The molecular weight excluding hydrogens is 206 g/mol. The lowest BCUT2D eigenvalue weighted by Gasteiger charge is -2.04. The predicted octanol–water partition coefficient (Wildman–Crippen LogP) is 1.74. The van der Waals surface area contributed by atoms with Crippen LogP contribution < -0.4 is 5.56 Å². The second kappa shape index (κ2) is 4.02. The van der Waals surface area contributed by atoms with Gasteiger partial charge in [-0.1, -0.05) is 30.3 Å². The van der Waals surface area contributed by atoms with E-state index in [1.54, 1.807) is 24.3 Å². The van der Waals surface area contributed by atoms with Crippen LogP contribution in [0.3, 0.4) is 0 Å². The molecule has 1 aromatic heterocycles. The van der Waals surface area contributed by atoms with Crippen LogP contribution in [0.25, 0.3) is 11.1 Å². The zero-order valence-corrected chi connectivity index (χ0v) is 8.31. The van der Waals surface area contributed by atoms with Gasteiger partial charge in [0.25, 0.3) is 0 Å². The number of pyridine rings is 1. The molecule has 0 unspecified atom stereocenters. The third kappa shape index (κ3) is 1.86. The van der Waals surface area contributed by atoms with Crippen molar-refractivity contribution in [3.63, 3.8) is 0 Å². The third-order valence-corrected chi connectivity index (χ3v) is 2.24. The molecule has 1 aromatic carbocycles. The molecule has 0 bridgehead atoms. The Morgan fingerprint density at radius 3 is 2.50 bits per heavy atom. The number of rotatable bonds is 2. The Bertz CT molecular complexity index is 572. The van der Waals surface area contributed by atoms with Gasteiger partial charge in [-0.15, -0.1) is 0 Å². The van der Waals surface area contributed by atoms with Gasteiger partial charge in [0.05, 0.1) is 5.56 Å². The van der Waals surface area contributed by atoms with Crippen LogP contribution in [-0.2, 0) is 0 Å². The van der Waals surface area contributed by atoms with Gasteiger partial charge in [-0.2, -0.15) is 0 Å². The van der Waals surface area contributed by atoms with Crippen LogP contribution in [0.2, 0.25) is 0 Å². The van der Waals surface area contributed by atoms with Crippen molar-refractivity contribution in [2.24, 2.45) is 0 Å². The molecule has 80 valence electrons. The van der Waals surface area contributed by atoms with E-state index in [0.717, 1.165) is 0 Å². The fraction of sp³-hybridized carbons (Fsp3) is 0. The van der Waals surface area contributed by atoms with Crippen molar-refractivity contribution >= 4 is 5.97 Å². The van der Waals surface area contributed by atoms with Crippen LogP contribution in [0.15, 0.2) is 47.4 Å². The minimum Gasteiger partial charge on any atom is -0.478 e. The van der Waals surface area contributed by atoms with Gasteiger partial charge in [-0.3, -0.25) is 4.79 Å². The number of nitrogens with one attached hydrogen (secondary N) is 1. The number of carboxylic acids is 1. The van der Waals surface area contributed by atoms with Crippen LogP contribution in [0.5, 0.6) is 0 Å². The lowest BCUT2D eigenvalue weighted by Crippen LogP contribution is -2.09. The second-order valence-electron chi connectivity index (χ2n) is 3.30. The molecule has 4 heteroatoms. The first-order valence-corrected chi connectivity index (χ1v) is 4.70. The van der Waals surface area contributed by atoms with Crippen LogP contribution in [-0.4, -0.2) is 16.1 Å². The van der Waals surface area contributed by atoms with E-state index in [1.165, 1.54) is 12.3 Å². The fourth-order valence-corrected chi connectivity index (χ4v) is 1.51. The van der Waals surface area contributed by atoms with Gasteiger partial charge in [-0.25, -0.2) is 4.79 Å². The first-order valence-electron chi connectivity index (χ1n) is 4.70. The van der Waals surface area contributed by atoms with Crippen molar-refractivity contribution in [1.82, 2.24) is 4.98 Å². The zero-order chi connectivity index (χ0) is 11.5. The molecule has 0 spiro atoms. The molecule has 0 aliphatic rings. The van der Waals surface area contributed by atoms with Crippen LogP contribution >= 0.6 is 0 Å². The summed E-state index contributed by atoms with van der Waals surface area (Å²) in [7, 11) is 0. The summed E-state index contributed by atoms with van der Waals surface area (Å²) in [6, 6.07) is 10.2. The molecule has 0 amide bonds. The van der Waals surface area contributed by atoms with Gasteiger partial charge in [0.1, 0.15) is 0 Å². The summed E-state index contributed by atoms with van der Waals surface area (Å²) in [6.07, 6.45) is 1.22. The van der Waals surface area contributed by atoms with E-state index in [4.69, 9.17) is 5.11 Å². The van der Waals surface area contributed by atoms with Crippen LogP contribution in [0, 0.1) is 0 Å². The first-order chi connectivity index (χ1) is 7.68. The molecule has 0 aliphatic heterocycles. The van der Waals surface area contributed by atoms with Gasteiger partial charge >= 0.3 is 5.97 Å². The van der Waals surface area contributed by atoms with Gasteiger partial charge in [0, 0.05) is 17.8 Å². The smallest absolute Gasteiger partial charge is 0.337 e. The Hall–Kier alpha value is -2.36. The van der Waals surface area contributed by atoms with E-state index in [1.807, 2.05) is 6.07 Å². The Labute approximate surface area is 91.2 Å². The molecule has 16 heavy (non-hydrogen) atoms. The van der Waals surface area contributed by atoms with Crippen LogP contribution in [0.1, 0.15) is 10.4 Å². The number of H-pyrrole nitrogens is 1. The van der Waals surface area contributed by atoms with Gasteiger partial charge < -0.3 is 10.1 Å². The molecule has 1 heterocycles. The molecule has 2 rings (SSSR count). The summed E-state index contributed by atoms with van der Waals surface area (Å²) in [4.78, 5) is 24.5. The average Bonchev–Trinajstić information content (AvgIpc) is 2.29. The van der Waals surface area contributed by atoms with Gasteiger partial charge in [0.2, 0.25) is 5.56 Å². The van der Waals surface area contributed by atoms with E-state index in [0.29, 0.717) is 11.1 Å². The highest BCUT2D eigenvalue weighted by molar-refractivity contribution is 5.95.